The number of hydrogen-bond acceptors (Lipinski definition) is 12. The molecular formula is C78H116O12. The molecule has 0 N–H and O–H groups in total. The molecule has 0 saturated heterocycles. The zero-order valence-corrected chi connectivity index (χ0v) is 58.2. The normalized spacial score (nSPS) is 22.4. The fourth-order valence-electron chi connectivity index (χ4n) is 15.8. The molecule has 12 heteroatoms. The maximum Gasteiger partial charge on any atom is 0.310 e. The molecule has 3 aliphatic rings. The highest BCUT2D eigenvalue weighted by Gasteiger charge is 2.46. The number of rotatable bonds is 38. The molecule has 0 aliphatic heterocycles. The second-order valence-corrected chi connectivity index (χ2v) is 28.6. The number of esters is 2. The third kappa shape index (κ3) is 20.9. The van der Waals surface area contributed by atoms with Gasteiger partial charge in [0, 0.05) is 94.7 Å². The number of hydrogen-bond donors (Lipinski definition) is 0. The summed E-state index contributed by atoms with van der Waals surface area (Å²) >= 11 is 0. The quantitative estimate of drug-likeness (QED) is 0.0583. The SMILES string of the molecule is CCCC(=O)CCCC(=O)Cc1cc(COC(=O)C(C)C(C(=O)CC(C(=O)C(C)[C@H](C(CC(=O)C2CCCC2C(OC)C(C)C(=O)C[C@H](C)[C@@H](C)c2ccccc2)OC)[C@@H](C)CC)C(C)C)C(C)C)ccc1CC(=O)OC1CCCCCC2C(C)=CC=C(C)C12. The van der Waals surface area contributed by atoms with Crippen molar-refractivity contribution in [2.24, 2.45) is 82.9 Å². The lowest BCUT2D eigenvalue weighted by atomic mass is 9.69. The lowest BCUT2D eigenvalue weighted by Gasteiger charge is -2.38. The summed E-state index contributed by atoms with van der Waals surface area (Å²) < 4.78 is 24.8. The van der Waals surface area contributed by atoms with Gasteiger partial charge in [0.25, 0.3) is 0 Å². The Bertz CT molecular complexity index is 2750. The fourth-order valence-corrected chi connectivity index (χ4v) is 15.8. The van der Waals surface area contributed by atoms with E-state index in [0.29, 0.717) is 54.7 Å². The zero-order valence-electron chi connectivity index (χ0n) is 58.2. The van der Waals surface area contributed by atoms with Crippen LogP contribution in [-0.4, -0.2) is 79.2 Å². The van der Waals surface area contributed by atoms with Crippen LogP contribution in [0.15, 0.2) is 71.8 Å². The Kier molecular flexibility index (Phi) is 31.0. The van der Waals surface area contributed by atoms with Crippen LogP contribution in [0.4, 0.5) is 0 Å². The number of carbonyl (C=O) groups is 8. The van der Waals surface area contributed by atoms with E-state index in [1.165, 1.54) is 16.7 Å². The van der Waals surface area contributed by atoms with E-state index in [9.17, 15) is 33.6 Å². The molecule has 2 saturated carbocycles. The van der Waals surface area contributed by atoms with E-state index >= 15 is 4.79 Å². The second-order valence-electron chi connectivity index (χ2n) is 28.6. The molecule has 0 bridgehead atoms. The first-order valence-corrected chi connectivity index (χ1v) is 34.9. The summed E-state index contributed by atoms with van der Waals surface area (Å²) in [5.74, 6) is -4.57. The summed E-state index contributed by atoms with van der Waals surface area (Å²) in [4.78, 5) is 113. The molecule has 5 rings (SSSR count). The summed E-state index contributed by atoms with van der Waals surface area (Å²) in [6.07, 6.45) is 14.0. The Hall–Kier alpha value is -5.20. The van der Waals surface area contributed by atoms with Crippen LogP contribution in [0.25, 0.3) is 0 Å². The Morgan fingerprint density at radius 1 is 0.611 bits per heavy atom. The van der Waals surface area contributed by atoms with Crippen molar-refractivity contribution in [1.29, 1.82) is 0 Å². The predicted molar refractivity (Wildman–Crippen MR) is 357 cm³/mol. The smallest absolute Gasteiger partial charge is 0.310 e. The van der Waals surface area contributed by atoms with Crippen LogP contribution in [-0.2, 0) is 76.8 Å². The third-order valence-corrected chi connectivity index (χ3v) is 21.6. The molecule has 2 aromatic carbocycles. The average Bonchev–Trinajstić information content (AvgIpc) is 1.44. The average molecular weight is 1250 g/mol. The number of fused-ring (bicyclic) bond motifs is 1. The maximum atomic E-state index is 15.1. The van der Waals surface area contributed by atoms with Gasteiger partial charge in [-0.3, -0.25) is 38.4 Å². The predicted octanol–water partition coefficient (Wildman–Crippen LogP) is 16.4. The van der Waals surface area contributed by atoms with Gasteiger partial charge in [-0.25, -0.2) is 0 Å². The Balaban J connectivity index is 1.27. The van der Waals surface area contributed by atoms with Crippen LogP contribution < -0.4 is 0 Å². The van der Waals surface area contributed by atoms with Crippen LogP contribution in [0.5, 0.6) is 0 Å². The van der Waals surface area contributed by atoms with Gasteiger partial charge in [-0.2, -0.15) is 0 Å². The molecule has 0 heterocycles. The first-order valence-electron chi connectivity index (χ1n) is 34.9. The van der Waals surface area contributed by atoms with Gasteiger partial charge in [0.15, 0.2) is 0 Å². The van der Waals surface area contributed by atoms with Gasteiger partial charge in [0.05, 0.1) is 24.5 Å². The fraction of sp³-hybridized carbons (Fsp3) is 0.692. The van der Waals surface area contributed by atoms with Gasteiger partial charge in [-0.05, 0) is 128 Å². The van der Waals surface area contributed by atoms with Crippen LogP contribution in [0.3, 0.4) is 0 Å². The molecule has 0 aromatic heterocycles. The number of benzene rings is 2. The van der Waals surface area contributed by atoms with Crippen LogP contribution in [0.1, 0.15) is 234 Å². The summed E-state index contributed by atoms with van der Waals surface area (Å²) in [5.41, 5.74) is 5.67. The van der Waals surface area contributed by atoms with Crippen molar-refractivity contribution in [3.63, 3.8) is 0 Å². The van der Waals surface area contributed by atoms with Crippen LogP contribution in [0, 0.1) is 82.9 Å². The first-order chi connectivity index (χ1) is 42.8. The molecular weight excluding hydrogens is 1130 g/mol. The molecule has 0 radical (unpaired) electrons. The number of allylic oxidation sites excluding steroid dienone is 3. The largest absolute Gasteiger partial charge is 0.461 e. The minimum absolute atomic E-state index is 0.00121. The van der Waals surface area contributed by atoms with E-state index in [1.807, 2.05) is 78.8 Å². The third-order valence-electron chi connectivity index (χ3n) is 21.6. The monoisotopic (exact) mass is 1240 g/mol. The summed E-state index contributed by atoms with van der Waals surface area (Å²) in [6, 6.07) is 15.7. The molecule has 16 atom stereocenters. The molecule has 90 heavy (non-hydrogen) atoms. The lowest BCUT2D eigenvalue weighted by Crippen LogP contribution is -2.43. The highest BCUT2D eigenvalue weighted by molar-refractivity contribution is 5.93. The molecule has 2 aromatic rings. The van der Waals surface area contributed by atoms with Gasteiger partial charge in [0.2, 0.25) is 0 Å². The second kappa shape index (κ2) is 36.9. The van der Waals surface area contributed by atoms with E-state index in [1.54, 1.807) is 27.2 Å². The van der Waals surface area contributed by atoms with E-state index < -0.39 is 47.8 Å². The number of ether oxygens (including phenoxy) is 4. The topological polar surface area (TPSA) is 173 Å². The van der Waals surface area contributed by atoms with E-state index in [-0.39, 0.29) is 139 Å². The van der Waals surface area contributed by atoms with Crippen molar-refractivity contribution in [3.05, 3.63) is 94.1 Å². The number of ketones is 6. The van der Waals surface area contributed by atoms with Crippen molar-refractivity contribution in [2.75, 3.05) is 14.2 Å². The highest BCUT2D eigenvalue weighted by Crippen LogP contribution is 2.44. The van der Waals surface area contributed by atoms with Crippen molar-refractivity contribution >= 4 is 46.6 Å². The van der Waals surface area contributed by atoms with E-state index in [2.05, 4.69) is 65.8 Å². The van der Waals surface area contributed by atoms with E-state index in [4.69, 9.17) is 18.9 Å². The van der Waals surface area contributed by atoms with Gasteiger partial charge >= 0.3 is 11.9 Å². The van der Waals surface area contributed by atoms with Gasteiger partial charge < -0.3 is 18.9 Å². The van der Waals surface area contributed by atoms with Gasteiger partial charge in [-0.1, -0.05) is 181 Å². The molecule has 3 aliphatic carbocycles. The molecule has 12 unspecified atom stereocenters. The number of carbonyl (C=O) groups excluding carboxylic acids is 8. The molecule has 0 amide bonds. The van der Waals surface area contributed by atoms with Gasteiger partial charge in [-0.15, -0.1) is 0 Å². The van der Waals surface area contributed by atoms with Crippen molar-refractivity contribution in [3.8, 4) is 0 Å². The summed E-state index contributed by atoms with van der Waals surface area (Å²) in [7, 11) is 3.26. The van der Waals surface area contributed by atoms with Crippen molar-refractivity contribution in [2.45, 2.75) is 250 Å². The highest BCUT2D eigenvalue weighted by atomic mass is 16.5. The maximum absolute atomic E-state index is 15.1. The molecule has 12 nitrogen and oxygen atoms in total. The van der Waals surface area contributed by atoms with Crippen LogP contribution >= 0.6 is 0 Å². The van der Waals surface area contributed by atoms with Gasteiger partial charge in [0.1, 0.15) is 47.4 Å². The Labute approximate surface area is 542 Å². The Morgan fingerprint density at radius 3 is 1.93 bits per heavy atom. The first kappa shape index (κ1) is 75.5. The zero-order chi connectivity index (χ0) is 66.5. The van der Waals surface area contributed by atoms with Crippen LogP contribution in [0.2, 0.25) is 0 Å². The minimum atomic E-state index is -0.847. The molecule has 2 fully saturated rings. The minimum Gasteiger partial charge on any atom is -0.461 e. The lowest BCUT2D eigenvalue weighted by molar-refractivity contribution is -0.154. The molecule has 0 spiro atoms. The standard InChI is InChI=1S/C78H116O12/c1-17-27-61(79)30-25-31-62(80)42-60-41-57(38-39-59(60)43-72(84)90-70-35-24-20-23-32-63-50(8)36-37-51(9)75(63)70)46-89-78(86)56(14)73(48(5)6)69(83)44-66(47(3)4)76(85)55(13)74(49(7)18-2)71(87-15)45-68(82)64-33-26-34-65(64)77(88-16)54(12)67(81)40-52(10)53(11)58-28-21-19-22-29-58/h19,21-22,28-29,36-39,41,47-49,52-56,63-66,70-71,73-75,77H,17-18,20,23-27,30-35,40,42-46H2,1-16H3/t49-,52-,53+,54?,55?,56?,63?,64?,65?,66?,70?,71?,73?,74+,75?,77?/m0/s1. The molecule has 500 valence electrons. The summed E-state index contributed by atoms with van der Waals surface area (Å²) in [6.45, 7) is 27.9. The Morgan fingerprint density at radius 2 is 1.29 bits per heavy atom. The summed E-state index contributed by atoms with van der Waals surface area (Å²) in [5, 5.41) is 0. The van der Waals surface area contributed by atoms with Crippen molar-refractivity contribution < 1.29 is 57.3 Å². The number of methoxy groups -OCH3 is 2. The van der Waals surface area contributed by atoms with E-state index in [0.717, 1.165) is 57.8 Å². The van der Waals surface area contributed by atoms with Crippen molar-refractivity contribution in [1.82, 2.24) is 0 Å². The number of Topliss-reactive ketones (excluding diaryl/α,β-unsaturated/α-hetero) is 6.